The van der Waals surface area contributed by atoms with E-state index in [0.717, 1.165) is 44.3 Å². The average molecular weight is 402 g/mol. The van der Waals surface area contributed by atoms with Gasteiger partial charge in [0.15, 0.2) is 5.69 Å². The quantitative estimate of drug-likeness (QED) is 0.730. The van der Waals surface area contributed by atoms with Crippen molar-refractivity contribution in [3.05, 3.63) is 82.4 Å². The molecule has 0 saturated carbocycles. The number of aromatic nitrogens is 3. The Morgan fingerprint density at radius 2 is 2.03 bits per heavy atom. The van der Waals surface area contributed by atoms with Crippen LogP contribution < -0.4 is 5.32 Å². The van der Waals surface area contributed by atoms with Crippen molar-refractivity contribution in [1.82, 2.24) is 25.0 Å². The van der Waals surface area contributed by atoms with Crippen LogP contribution in [-0.4, -0.2) is 38.2 Å². The maximum Gasteiger partial charge on any atom is 0.274 e. The van der Waals surface area contributed by atoms with Crippen molar-refractivity contribution in [2.45, 2.75) is 44.8 Å². The number of benzene rings is 1. The number of amides is 1. The normalized spacial score (nSPS) is 18.0. The first-order valence-electron chi connectivity index (χ1n) is 10.7. The van der Waals surface area contributed by atoms with Gasteiger partial charge < -0.3 is 10.2 Å². The Bertz CT molecular complexity index is 1060. The van der Waals surface area contributed by atoms with Crippen molar-refractivity contribution in [2.24, 2.45) is 7.05 Å². The molecule has 0 fully saturated rings. The van der Waals surface area contributed by atoms with Gasteiger partial charge in [0.25, 0.3) is 5.91 Å². The van der Waals surface area contributed by atoms with Crippen LogP contribution in [0.4, 0.5) is 0 Å². The van der Waals surface area contributed by atoms with E-state index in [0.29, 0.717) is 18.3 Å². The fraction of sp³-hybridized carbons (Fsp3) is 0.375. The maximum atomic E-state index is 13.4. The van der Waals surface area contributed by atoms with E-state index in [-0.39, 0.29) is 5.91 Å². The topological polar surface area (TPSA) is 63.1 Å². The maximum absolute atomic E-state index is 13.4. The van der Waals surface area contributed by atoms with Crippen LogP contribution >= 0.6 is 0 Å². The SMILES string of the molecule is Cn1nc(C(=O)N2CCc3ccccc3C2)c2c1CCC(NCc1cccnc1)C2. The first-order valence-corrected chi connectivity index (χ1v) is 10.7. The molecule has 2 aromatic heterocycles. The molecule has 3 heterocycles. The summed E-state index contributed by atoms with van der Waals surface area (Å²) in [7, 11) is 1.96. The zero-order valence-corrected chi connectivity index (χ0v) is 17.3. The number of hydrogen-bond donors (Lipinski definition) is 1. The van der Waals surface area contributed by atoms with Gasteiger partial charge in [0.1, 0.15) is 0 Å². The van der Waals surface area contributed by atoms with Gasteiger partial charge in [-0.05, 0) is 48.4 Å². The molecule has 6 nitrogen and oxygen atoms in total. The van der Waals surface area contributed by atoms with Gasteiger partial charge in [-0.1, -0.05) is 30.3 Å². The largest absolute Gasteiger partial charge is 0.333 e. The number of pyridine rings is 1. The summed E-state index contributed by atoms with van der Waals surface area (Å²) in [5, 5.41) is 8.31. The Morgan fingerprint density at radius 1 is 1.17 bits per heavy atom. The minimum atomic E-state index is 0.0641. The Hall–Kier alpha value is -2.99. The second-order valence-corrected chi connectivity index (χ2v) is 8.32. The highest BCUT2D eigenvalue weighted by molar-refractivity contribution is 5.94. The van der Waals surface area contributed by atoms with Crippen molar-refractivity contribution < 1.29 is 4.79 Å². The molecule has 0 spiro atoms. The monoisotopic (exact) mass is 401 g/mol. The standard InChI is InChI=1S/C24H27N5O/c1-28-22-9-8-20(26-15-17-5-4-11-25-14-17)13-21(22)23(27-28)24(30)29-12-10-18-6-2-3-7-19(18)16-29/h2-7,11,14,20,26H,8-10,12-13,15-16H2,1H3. The number of fused-ring (bicyclic) bond motifs is 2. The van der Waals surface area contributed by atoms with Crippen molar-refractivity contribution in [1.29, 1.82) is 0 Å². The molecule has 1 atom stereocenters. The number of carbonyl (C=O) groups excluding carboxylic acids is 1. The number of carbonyl (C=O) groups is 1. The van der Waals surface area contributed by atoms with Crippen LogP contribution in [0.3, 0.4) is 0 Å². The highest BCUT2D eigenvalue weighted by atomic mass is 16.2. The fourth-order valence-corrected chi connectivity index (χ4v) is 4.72. The van der Waals surface area contributed by atoms with Gasteiger partial charge in [0.05, 0.1) is 0 Å². The molecule has 1 aliphatic heterocycles. The van der Waals surface area contributed by atoms with Gasteiger partial charge in [-0.25, -0.2) is 0 Å². The third kappa shape index (κ3) is 3.63. The molecule has 6 heteroatoms. The summed E-state index contributed by atoms with van der Waals surface area (Å²) < 4.78 is 1.91. The Balaban J connectivity index is 1.32. The van der Waals surface area contributed by atoms with E-state index >= 15 is 0 Å². The molecule has 30 heavy (non-hydrogen) atoms. The average Bonchev–Trinajstić information content (AvgIpc) is 3.13. The molecular weight excluding hydrogens is 374 g/mol. The summed E-state index contributed by atoms with van der Waals surface area (Å²) in [4.78, 5) is 19.5. The lowest BCUT2D eigenvalue weighted by atomic mass is 9.90. The predicted molar refractivity (Wildman–Crippen MR) is 115 cm³/mol. The Labute approximate surface area is 176 Å². The molecule has 3 aromatic rings. The lowest BCUT2D eigenvalue weighted by Crippen LogP contribution is -2.38. The molecular formula is C24H27N5O. The number of hydrogen-bond acceptors (Lipinski definition) is 4. The molecule has 0 saturated heterocycles. The minimum absolute atomic E-state index is 0.0641. The van der Waals surface area contributed by atoms with Crippen molar-refractivity contribution >= 4 is 5.91 Å². The van der Waals surface area contributed by atoms with Crippen molar-refractivity contribution in [3.63, 3.8) is 0 Å². The van der Waals surface area contributed by atoms with E-state index in [1.165, 1.54) is 22.4 Å². The molecule has 1 aliphatic carbocycles. The third-order valence-electron chi connectivity index (χ3n) is 6.39. The number of nitrogens with zero attached hydrogens (tertiary/aromatic N) is 4. The molecule has 5 rings (SSSR count). The first-order chi connectivity index (χ1) is 14.7. The summed E-state index contributed by atoms with van der Waals surface area (Å²) >= 11 is 0. The zero-order chi connectivity index (χ0) is 20.5. The summed E-state index contributed by atoms with van der Waals surface area (Å²) in [5.74, 6) is 0.0641. The van der Waals surface area contributed by atoms with E-state index in [1.54, 1.807) is 6.20 Å². The van der Waals surface area contributed by atoms with Gasteiger partial charge >= 0.3 is 0 Å². The van der Waals surface area contributed by atoms with E-state index in [1.807, 2.05) is 35.0 Å². The van der Waals surface area contributed by atoms with Crippen LogP contribution in [0.1, 0.15) is 44.9 Å². The number of nitrogens with one attached hydrogen (secondary N) is 1. The van der Waals surface area contributed by atoms with E-state index in [9.17, 15) is 4.79 Å². The molecule has 2 aliphatic rings. The second-order valence-electron chi connectivity index (χ2n) is 8.32. The first kappa shape index (κ1) is 19.0. The van der Waals surface area contributed by atoms with Crippen molar-refractivity contribution in [3.8, 4) is 0 Å². The van der Waals surface area contributed by atoms with Gasteiger partial charge in [-0.3, -0.25) is 14.5 Å². The van der Waals surface area contributed by atoms with Gasteiger partial charge in [-0.2, -0.15) is 5.10 Å². The lowest BCUT2D eigenvalue weighted by molar-refractivity contribution is 0.0726. The molecule has 1 aromatic carbocycles. The minimum Gasteiger partial charge on any atom is -0.333 e. The van der Waals surface area contributed by atoms with E-state index in [4.69, 9.17) is 0 Å². The molecule has 1 unspecified atom stereocenters. The molecule has 0 bridgehead atoms. The fourth-order valence-electron chi connectivity index (χ4n) is 4.72. The van der Waals surface area contributed by atoms with Gasteiger partial charge in [0, 0.05) is 56.4 Å². The molecule has 0 radical (unpaired) electrons. The van der Waals surface area contributed by atoms with Crippen LogP contribution in [-0.2, 0) is 39.4 Å². The second kappa shape index (κ2) is 8.03. The predicted octanol–water partition coefficient (Wildman–Crippen LogP) is 2.66. The third-order valence-corrected chi connectivity index (χ3v) is 6.39. The van der Waals surface area contributed by atoms with Crippen LogP contribution in [0.15, 0.2) is 48.8 Å². The highest BCUT2D eigenvalue weighted by Crippen LogP contribution is 2.27. The van der Waals surface area contributed by atoms with Gasteiger partial charge in [0.2, 0.25) is 0 Å². The highest BCUT2D eigenvalue weighted by Gasteiger charge is 2.31. The summed E-state index contributed by atoms with van der Waals surface area (Å²) in [6.45, 7) is 2.22. The molecule has 154 valence electrons. The summed E-state index contributed by atoms with van der Waals surface area (Å²) in [6.07, 6.45) is 7.44. The van der Waals surface area contributed by atoms with E-state index in [2.05, 4.69) is 39.7 Å². The summed E-state index contributed by atoms with van der Waals surface area (Å²) in [5.41, 5.74) is 6.74. The van der Waals surface area contributed by atoms with Gasteiger partial charge in [-0.15, -0.1) is 0 Å². The Kier molecular flexibility index (Phi) is 5.09. The zero-order valence-electron chi connectivity index (χ0n) is 17.3. The smallest absolute Gasteiger partial charge is 0.274 e. The van der Waals surface area contributed by atoms with E-state index < -0.39 is 0 Å². The molecule has 1 amide bonds. The number of rotatable bonds is 4. The van der Waals surface area contributed by atoms with Crippen LogP contribution in [0, 0.1) is 0 Å². The van der Waals surface area contributed by atoms with Crippen LogP contribution in [0.2, 0.25) is 0 Å². The van der Waals surface area contributed by atoms with Crippen molar-refractivity contribution in [2.75, 3.05) is 6.54 Å². The molecule has 1 N–H and O–H groups in total. The Morgan fingerprint density at radius 3 is 2.87 bits per heavy atom. The lowest BCUT2D eigenvalue weighted by Gasteiger charge is -2.29. The van der Waals surface area contributed by atoms with Crippen LogP contribution in [0.5, 0.6) is 0 Å². The number of aryl methyl sites for hydroxylation is 1. The van der Waals surface area contributed by atoms with Crippen LogP contribution in [0.25, 0.3) is 0 Å². The summed E-state index contributed by atoms with van der Waals surface area (Å²) in [6, 6.07) is 12.8.